The number of rotatable bonds is 2. The lowest BCUT2D eigenvalue weighted by Gasteiger charge is -2.07. The maximum Gasteiger partial charge on any atom is 0.212 e. The van der Waals surface area contributed by atoms with Crippen LogP contribution in [-0.4, -0.2) is 18.2 Å². The Kier molecular flexibility index (Phi) is 3.34. The Morgan fingerprint density at radius 1 is 1.21 bits per heavy atom. The number of ether oxygens (including phenoxy) is 2. The van der Waals surface area contributed by atoms with Crippen molar-refractivity contribution in [2.45, 2.75) is 18.7 Å². The first kappa shape index (κ1) is 12.4. The Bertz CT molecular complexity index is 580. The lowest BCUT2D eigenvalue weighted by atomic mass is 10.1. The van der Waals surface area contributed by atoms with E-state index in [-0.39, 0.29) is 5.38 Å². The molecular formula is C14H14ClNO3. The lowest BCUT2D eigenvalue weighted by Crippen LogP contribution is -1.97. The monoisotopic (exact) mass is 279 g/mol. The first-order valence-electron chi connectivity index (χ1n) is 6.24. The van der Waals surface area contributed by atoms with E-state index in [1.807, 2.05) is 25.1 Å². The number of benzene rings is 1. The van der Waals surface area contributed by atoms with Gasteiger partial charge in [0.25, 0.3) is 0 Å². The van der Waals surface area contributed by atoms with Crippen LogP contribution in [0, 0.1) is 0 Å². The van der Waals surface area contributed by atoms with Crippen molar-refractivity contribution in [2.24, 2.45) is 0 Å². The van der Waals surface area contributed by atoms with Crippen LogP contribution in [0.25, 0.3) is 11.3 Å². The largest absolute Gasteiger partial charge is 0.490 e. The summed E-state index contributed by atoms with van der Waals surface area (Å²) in [6.07, 6.45) is 2.56. The summed E-state index contributed by atoms with van der Waals surface area (Å²) in [6.45, 7) is 3.17. The maximum absolute atomic E-state index is 5.94. The van der Waals surface area contributed by atoms with Crippen molar-refractivity contribution in [3.63, 3.8) is 0 Å². The summed E-state index contributed by atoms with van der Waals surface area (Å²) >= 11 is 5.94. The van der Waals surface area contributed by atoms with Gasteiger partial charge in [0.1, 0.15) is 5.38 Å². The summed E-state index contributed by atoms with van der Waals surface area (Å²) in [6, 6.07) is 5.73. The molecule has 1 unspecified atom stereocenters. The zero-order valence-corrected chi connectivity index (χ0v) is 11.3. The molecule has 0 aliphatic carbocycles. The molecule has 1 aromatic heterocycles. The summed E-state index contributed by atoms with van der Waals surface area (Å²) in [5.41, 5.74) is 0.903. The predicted octanol–water partition coefficient (Wildman–Crippen LogP) is 3.80. The number of fused-ring (bicyclic) bond motifs is 1. The molecule has 1 aliphatic heterocycles. The fraction of sp³-hybridized carbons (Fsp3) is 0.357. The number of oxazole rings is 1. The molecule has 1 aliphatic rings. The molecule has 0 radical (unpaired) electrons. The first-order valence-corrected chi connectivity index (χ1v) is 6.67. The van der Waals surface area contributed by atoms with E-state index in [1.165, 1.54) is 0 Å². The normalized spacial score (nSPS) is 15.9. The molecule has 0 spiro atoms. The summed E-state index contributed by atoms with van der Waals surface area (Å²) in [7, 11) is 0. The van der Waals surface area contributed by atoms with Crippen molar-refractivity contribution in [1.29, 1.82) is 0 Å². The first-order chi connectivity index (χ1) is 9.24. The van der Waals surface area contributed by atoms with E-state index in [9.17, 15) is 0 Å². The molecule has 2 heterocycles. The van der Waals surface area contributed by atoms with E-state index in [0.717, 1.165) is 23.5 Å². The molecule has 0 N–H and O–H groups in total. The van der Waals surface area contributed by atoms with E-state index in [0.29, 0.717) is 24.9 Å². The third-order valence-electron chi connectivity index (χ3n) is 2.90. The van der Waals surface area contributed by atoms with Crippen LogP contribution in [0.4, 0.5) is 0 Å². The van der Waals surface area contributed by atoms with E-state index in [1.54, 1.807) is 6.20 Å². The van der Waals surface area contributed by atoms with E-state index in [4.69, 9.17) is 25.5 Å². The standard InChI is InChI=1S/C14H14ClNO3/c1-9(15)14-16-8-13(19-14)10-3-4-11-12(7-10)18-6-2-5-17-11/h3-4,7-9H,2,5-6H2,1H3. The minimum Gasteiger partial charge on any atom is -0.490 e. The summed E-state index contributed by atoms with van der Waals surface area (Å²) in [4.78, 5) is 4.15. The van der Waals surface area contributed by atoms with Crippen LogP contribution in [0.15, 0.2) is 28.8 Å². The number of hydrogen-bond donors (Lipinski definition) is 0. The van der Waals surface area contributed by atoms with Gasteiger partial charge in [0.2, 0.25) is 5.89 Å². The molecule has 100 valence electrons. The smallest absolute Gasteiger partial charge is 0.212 e. The van der Waals surface area contributed by atoms with E-state index in [2.05, 4.69) is 4.98 Å². The highest BCUT2D eigenvalue weighted by atomic mass is 35.5. The molecule has 0 bridgehead atoms. The minimum absolute atomic E-state index is 0.242. The molecule has 1 atom stereocenters. The van der Waals surface area contributed by atoms with Crippen LogP contribution >= 0.6 is 11.6 Å². The van der Waals surface area contributed by atoms with Crippen molar-refractivity contribution in [3.05, 3.63) is 30.3 Å². The number of halogens is 1. The molecule has 19 heavy (non-hydrogen) atoms. The van der Waals surface area contributed by atoms with Gasteiger partial charge in [-0.3, -0.25) is 0 Å². The second kappa shape index (κ2) is 5.13. The predicted molar refractivity (Wildman–Crippen MR) is 71.8 cm³/mol. The molecule has 3 rings (SSSR count). The summed E-state index contributed by atoms with van der Waals surface area (Å²) in [5.74, 6) is 2.71. The van der Waals surface area contributed by atoms with E-state index >= 15 is 0 Å². The van der Waals surface area contributed by atoms with E-state index < -0.39 is 0 Å². The van der Waals surface area contributed by atoms with Gasteiger partial charge in [0, 0.05) is 12.0 Å². The Morgan fingerprint density at radius 3 is 2.74 bits per heavy atom. The topological polar surface area (TPSA) is 44.5 Å². The molecule has 5 heteroatoms. The van der Waals surface area contributed by atoms with Crippen molar-refractivity contribution in [1.82, 2.24) is 4.98 Å². The Morgan fingerprint density at radius 2 is 2.00 bits per heavy atom. The van der Waals surface area contributed by atoms with Crippen LogP contribution in [0.3, 0.4) is 0 Å². The van der Waals surface area contributed by atoms with Gasteiger partial charge in [-0.2, -0.15) is 0 Å². The number of aromatic nitrogens is 1. The molecular weight excluding hydrogens is 266 g/mol. The minimum atomic E-state index is -0.242. The number of nitrogens with zero attached hydrogens (tertiary/aromatic N) is 1. The number of hydrogen-bond acceptors (Lipinski definition) is 4. The second-order valence-corrected chi connectivity index (χ2v) is 5.05. The fourth-order valence-electron chi connectivity index (χ4n) is 1.92. The molecule has 0 saturated heterocycles. The van der Waals surface area contributed by atoms with Crippen molar-refractivity contribution in [2.75, 3.05) is 13.2 Å². The Labute approximate surface area is 116 Å². The molecule has 0 saturated carbocycles. The maximum atomic E-state index is 5.94. The van der Waals surface area contributed by atoms with Crippen LogP contribution in [0.5, 0.6) is 11.5 Å². The zero-order valence-electron chi connectivity index (χ0n) is 10.6. The molecule has 0 fully saturated rings. The Hall–Kier alpha value is -1.68. The average molecular weight is 280 g/mol. The third-order valence-corrected chi connectivity index (χ3v) is 3.08. The van der Waals surface area contributed by atoms with Gasteiger partial charge < -0.3 is 13.9 Å². The van der Waals surface area contributed by atoms with Gasteiger partial charge >= 0.3 is 0 Å². The van der Waals surface area contributed by atoms with Gasteiger partial charge in [-0.1, -0.05) is 0 Å². The quantitative estimate of drug-likeness (QED) is 0.784. The fourth-order valence-corrected chi connectivity index (χ4v) is 2.02. The van der Waals surface area contributed by atoms with Crippen molar-refractivity contribution < 1.29 is 13.9 Å². The highest BCUT2D eigenvalue weighted by molar-refractivity contribution is 6.20. The van der Waals surface area contributed by atoms with Crippen LogP contribution in [-0.2, 0) is 0 Å². The zero-order chi connectivity index (χ0) is 13.2. The SMILES string of the molecule is CC(Cl)c1ncc(-c2ccc3c(c2)OCCCO3)o1. The number of alkyl halides is 1. The van der Waals surface area contributed by atoms with Crippen LogP contribution in [0.2, 0.25) is 0 Å². The van der Waals surface area contributed by atoms with Gasteiger partial charge in [0.05, 0.1) is 19.4 Å². The van der Waals surface area contributed by atoms with Crippen LogP contribution in [0.1, 0.15) is 24.6 Å². The van der Waals surface area contributed by atoms with Gasteiger partial charge in [-0.25, -0.2) is 4.98 Å². The lowest BCUT2D eigenvalue weighted by molar-refractivity contribution is 0.297. The molecule has 1 aromatic carbocycles. The average Bonchev–Trinajstić information content (AvgIpc) is 2.78. The molecule has 2 aromatic rings. The van der Waals surface area contributed by atoms with Crippen molar-refractivity contribution >= 4 is 11.6 Å². The molecule has 0 amide bonds. The third kappa shape index (κ3) is 2.54. The Balaban J connectivity index is 1.94. The van der Waals surface area contributed by atoms with Gasteiger partial charge in [0.15, 0.2) is 17.3 Å². The summed E-state index contributed by atoms with van der Waals surface area (Å²) < 4.78 is 16.9. The second-order valence-electron chi connectivity index (χ2n) is 4.39. The highest BCUT2D eigenvalue weighted by Gasteiger charge is 2.15. The highest BCUT2D eigenvalue weighted by Crippen LogP contribution is 2.35. The van der Waals surface area contributed by atoms with Crippen LogP contribution < -0.4 is 9.47 Å². The molecule has 4 nitrogen and oxygen atoms in total. The van der Waals surface area contributed by atoms with Gasteiger partial charge in [-0.15, -0.1) is 11.6 Å². The summed E-state index contributed by atoms with van der Waals surface area (Å²) in [5, 5.41) is -0.242. The van der Waals surface area contributed by atoms with Gasteiger partial charge in [-0.05, 0) is 25.1 Å². The van der Waals surface area contributed by atoms with Crippen molar-refractivity contribution in [3.8, 4) is 22.8 Å².